The highest BCUT2D eigenvalue weighted by molar-refractivity contribution is 6.62. The fraction of sp³-hybridized carbons (Fsp3) is 0.533. The maximum absolute atomic E-state index is 11.7. The normalized spacial score (nSPS) is 17.1. The van der Waals surface area contributed by atoms with Gasteiger partial charge in [0.05, 0.1) is 12.7 Å². The fourth-order valence-electron chi connectivity index (χ4n) is 2.33. The van der Waals surface area contributed by atoms with E-state index < -0.39 is 24.9 Å². The van der Waals surface area contributed by atoms with Crippen molar-refractivity contribution in [3.8, 4) is 5.75 Å². The molecule has 7 heteroatoms. The maximum Gasteiger partial charge on any atom is 0.495 e. The molecule has 0 saturated carbocycles. The van der Waals surface area contributed by atoms with E-state index >= 15 is 0 Å². The van der Waals surface area contributed by atoms with E-state index in [4.69, 9.17) is 14.1 Å². The summed E-state index contributed by atoms with van der Waals surface area (Å²) in [6, 6.07) is 5.49. The number of hydrogen-bond acceptors (Lipinski definition) is 5. The van der Waals surface area contributed by atoms with Crippen molar-refractivity contribution >= 4 is 18.7 Å². The molecule has 1 aromatic rings. The van der Waals surface area contributed by atoms with E-state index in [1.807, 2.05) is 19.1 Å². The lowest BCUT2D eigenvalue weighted by Crippen LogP contribution is -2.35. The minimum Gasteiger partial charge on any atom is -0.494 e. The van der Waals surface area contributed by atoms with Gasteiger partial charge in [0.25, 0.3) is 0 Å². The molecule has 0 unspecified atom stereocenters. The number of hydrogen-bond donors (Lipinski definition) is 2. The predicted molar refractivity (Wildman–Crippen MR) is 83.3 cm³/mol. The third-order valence-electron chi connectivity index (χ3n) is 3.12. The third kappa shape index (κ3) is 3.93. The Balaban J connectivity index is 2.05. The molecule has 1 heterocycles. The number of amides is 1. The molecule has 1 amide bonds. The Kier molecular flexibility index (Phi) is 4.98. The van der Waals surface area contributed by atoms with Gasteiger partial charge < -0.3 is 24.5 Å². The highest BCUT2D eigenvalue weighted by Crippen LogP contribution is 2.27. The summed E-state index contributed by atoms with van der Waals surface area (Å²) < 4.78 is 16.2. The summed E-state index contributed by atoms with van der Waals surface area (Å²) in [4.78, 5) is 11.7. The Morgan fingerprint density at radius 3 is 2.82 bits per heavy atom. The Labute approximate surface area is 130 Å². The highest BCUT2D eigenvalue weighted by Gasteiger charge is 2.38. The van der Waals surface area contributed by atoms with Crippen LogP contribution < -0.4 is 15.5 Å². The van der Waals surface area contributed by atoms with Crippen molar-refractivity contribution in [3.05, 3.63) is 23.8 Å². The lowest BCUT2D eigenvalue weighted by Gasteiger charge is -2.21. The minimum absolute atomic E-state index is 0.217. The standard InChI is InChI=1S/C15H22BNO5/c1-5-20-11-8-6-7-10-12(22-16(19)13(10)11)9-17-14(18)21-15(2,3)4/h6-8,12,19H,5,9H2,1-4H3,(H,17,18)/t12-/m1/s1. The highest BCUT2D eigenvalue weighted by atomic mass is 16.6. The van der Waals surface area contributed by atoms with E-state index in [1.165, 1.54) is 0 Å². The molecule has 120 valence electrons. The SMILES string of the molecule is CCOc1cccc2c1B(O)O[C@@H]2CNC(=O)OC(C)(C)C. The molecule has 6 nitrogen and oxygen atoms in total. The molecular weight excluding hydrogens is 285 g/mol. The van der Waals surface area contributed by atoms with E-state index in [0.717, 1.165) is 5.56 Å². The first kappa shape index (κ1) is 16.6. The maximum atomic E-state index is 11.7. The zero-order valence-electron chi connectivity index (χ0n) is 13.4. The summed E-state index contributed by atoms with van der Waals surface area (Å²) in [5.41, 5.74) is 0.884. The van der Waals surface area contributed by atoms with Gasteiger partial charge in [0.15, 0.2) is 0 Å². The number of nitrogens with one attached hydrogen (secondary N) is 1. The van der Waals surface area contributed by atoms with E-state index in [1.54, 1.807) is 26.8 Å². The van der Waals surface area contributed by atoms with Crippen LogP contribution in [0.3, 0.4) is 0 Å². The predicted octanol–water partition coefficient (Wildman–Crippen LogP) is 1.37. The van der Waals surface area contributed by atoms with Gasteiger partial charge in [-0.05, 0) is 39.3 Å². The van der Waals surface area contributed by atoms with Crippen LogP contribution in [0.2, 0.25) is 0 Å². The van der Waals surface area contributed by atoms with Crippen LogP contribution in [0, 0.1) is 0 Å². The van der Waals surface area contributed by atoms with Crippen molar-refractivity contribution in [3.63, 3.8) is 0 Å². The molecule has 0 saturated heterocycles. The largest absolute Gasteiger partial charge is 0.495 e. The van der Waals surface area contributed by atoms with Gasteiger partial charge in [-0.2, -0.15) is 0 Å². The van der Waals surface area contributed by atoms with Crippen molar-refractivity contribution in [2.75, 3.05) is 13.2 Å². The van der Waals surface area contributed by atoms with Gasteiger partial charge in [-0.3, -0.25) is 0 Å². The van der Waals surface area contributed by atoms with Crippen molar-refractivity contribution in [1.82, 2.24) is 5.32 Å². The monoisotopic (exact) mass is 307 g/mol. The molecule has 2 rings (SSSR count). The van der Waals surface area contributed by atoms with Crippen molar-refractivity contribution in [1.29, 1.82) is 0 Å². The number of carbonyl (C=O) groups excluding carboxylic acids is 1. The van der Waals surface area contributed by atoms with Crippen LogP contribution in [0.5, 0.6) is 5.75 Å². The lowest BCUT2D eigenvalue weighted by atomic mass is 9.78. The van der Waals surface area contributed by atoms with Crippen LogP contribution in [0.1, 0.15) is 39.4 Å². The number of fused-ring (bicyclic) bond motifs is 1. The molecule has 0 aliphatic carbocycles. The summed E-state index contributed by atoms with van der Waals surface area (Å²) in [5, 5.41) is 12.7. The molecule has 0 radical (unpaired) electrons. The van der Waals surface area contributed by atoms with E-state index in [2.05, 4.69) is 5.32 Å². The topological polar surface area (TPSA) is 77.0 Å². The molecule has 0 bridgehead atoms. The van der Waals surface area contributed by atoms with Gasteiger partial charge in [0, 0.05) is 12.0 Å². The van der Waals surface area contributed by atoms with Crippen molar-refractivity contribution < 1.29 is 23.9 Å². The molecule has 1 atom stereocenters. The Hall–Kier alpha value is -1.73. The zero-order valence-corrected chi connectivity index (χ0v) is 13.4. The Morgan fingerprint density at radius 1 is 1.45 bits per heavy atom. The molecule has 1 aromatic carbocycles. The number of ether oxygens (including phenoxy) is 2. The van der Waals surface area contributed by atoms with Crippen LogP contribution in [0.25, 0.3) is 0 Å². The quantitative estimate of drug-likeness (QED) is 0.822. The van der Waals surface area contributed by atoms with Crippen molar-refractivity contribution in [2.45, 2.75) is 39.4 Å². The second-order valence-electron chi connectivity index (χ2n) is 6.05. The van der Waals surface area contributed by atoms with Crippen LogP contribution in [0.15, 0.2) is 18.2 Å². The van der Waals surface area contributed by atoms with E-state index in [0.29, 0.717) is 17.8 Å². The second-order valence-corrected chi connectivity index (χ2v) is 6.05. The second kappa shape index (κ2) is 6.58. The molecule has 1 aliphatic rings. The van der Waals surface area contributed by atoms with Crippen LogP contribution in [-0.2, 0) is 9.39 Å². The third-order valence-corrected chi connectivity index (χ3v) is 3.12. The summed E-state index contributed by atoms with van der Waals surface area (Å²) in [6.07, 6.45) is -0.946. The van der Waals surface area contributed by atoms with E-state index in [9.17, 15) is 9.82 Å². The first-order valence-corrected chi connectivity index (χ1v) is 7.38. The number of carbonyl (C=O) groups is 1. The summed E-state index contributed by atoms with van der Waals surface area (Å²) in [6.45, 7) is 7.99. The molecule has 0 fully saturated rings. The summed E-state index contributed by atoms with van der Waals surface area (Å²) >= 11 is 0. The van der Waals surface area contributed by atoms with Gasteiger partial charge in [0.1, 0.15) is 11.4 Å². The van der Waals surface area contributed by atoms with Gasteiger partial charge in [-0.1, -0.05) is 12.1 Å². The summed E-state index contributed by atoms with van der Waals surface area (Å²) in [5.74, 6) is 0.604. The molecule has 0 spiro atoms. The Morgan fingerprint density at radius 2 is 2.18 bits per heavy atom. The lowest BCUT2D eigenvalue weighted by molar-refractivity contribution is 0.0498. The van der Waals surface area contributed by atoms with Gasteiger partial charge in [-0.15, -0.1) is 0 Å². The van der Waals surface area contributed by atoms with Crippen molar-refractivity contribution in [2.24, 2.45) is 0 Å². The van der Waals surface area contributed by atoms with Gasteiger partial charge >= 0.3 is 13.2 Å². The molecule has 22 heavy (non-hydrogen) atoms. The fourth-order valence-corrected chi connectivity index (χ4v) is 2.33. The molecule has 1 aliphatic heterocycles. The Bertz CT molecular complexity index is 543. The first-order valence-electron chi connectivity index (χ1n) is 7.38. The summed E-state index contributed by atoms with van der Waals surface area (Å²) in [7, 11) is -1.05. The van der Waals surface area contributed by atoms with Gasteiger partial charge in [-0.25, -0.2) is 4.79 Å². The van der Waals surface area contributed by atoms with Crippen LogP contribution in [-0.4, -0.2) is 37.0 Å². The average molecular weight is 307 g/mol. The molecular formula is C15H22BNO5. The molecule has 0 aromatic heterocycles. The zero-order chi connectivity index (χ0) is 16.3. The first-order chi connectivity index (χ1) is 10.3. The number of benzene rings is 1. The van der Waals surface area contributed by atoms with Crippen LogP contribution in [0.4, 0.5) is 4.79 Å². The number of rotatable bonds is 4. The van der Waals surface area contributed by atoms with E-state index in [-0.39, 0.29) is 6.54 Å². The van der Waals surface area contributed by atoms with Crippen LogP contribution >= 0.6 is 0 Å². The smallest absolute Gasteiger partial charge is 0.494 e. The molecule has 2 N–H and O–H groups in total. The minimum atomic E-state index is -1.05. The number of alkyl carbamates (subject to hydrolysis) is 1. The van der Waals surface area contributed by atoms with Gasteiger partial charge in [0.2, 0.25) is 0 Å². The average Bonchev–Trinajstić information content (AvgIpc) is 2.73.